The van der Waals surface area contributed by atoms with Gasteiger partial charge in [-0.3, -0.25) is 9.59 Å². The Bertz CT molecular complexity index is 403. The number of rotatable bonds is 2. The van der Waals surface area contributed by atoms with Crippen LogP contribution in [0.3, 0.4) is 0 Å². The zero-order valence-electron chi connectivity index (χ0n) is 9.07. The maximum Gasteiger partial charge on any atom is 0.243 e. The Morgan fingerprint density at radius 3 is 2.44 bits per heavy atom. The molecule has 2 rings (SSSR count). The average Bonchev–Trinajstić information content (AvgIpc) is 2.27. The molecule has 0 aromatic heterocycles. The summed E-state index contributed by atoms with van der Waals surface area (Å²) in [5, 5.41) is 5.36. The Morgan fingerprint density at radius 2 is 1.75 bits per heavy atom. The minimum atomic E-state index is -0.453. The zero-order valence-corrected chi connectivity index (χ0v) is 9.07. The Kier molecular flexibility index (Phi) is 2.90. The van der Waals surface area contributed by atoms with Crippen LogP contribution in [-0.4, -0.2) is 23.9 Å². The number of hydrogen-bond acceptors (Lipinski definition) is 2. The number of carbonyl (C=O) groups excluding carboxylic acids is 2. The van der Waals surface area contributed by atoms with Crippen LogP contribution in [0.15, 0.2) is 30.3 Å². The first-order valence-electron chi connectivity index (χ1n) is 5.31. The normalized spacial score (nSPS) is 24.8. The molecule has 2 unspecified atom stereocenters. The molecule has 1 saturated heterocycles. The molecule has 4 heteroatoms. The molecule has 1 fully saturated rings. The minimum Gasteiger partial charge on any atom is -0.343 e. The van der Waals surface area contributed by atoms with E-state index < -0.39 is 12.1 Å². The van der Waals surface area contributed by atoms with Crippen LogP contribution in [0.4, 0.5) is 0 Å². The SMILES string of the molecule is CC1NC(=O)C(Cc2ccccc2)NC1=O. The van der Waals surface area contributed by atoms with Crippen molar-refractivity contribution in [2.45, 2.75) is 25.4 Å². The summed E-state index contributed by atoms with van der Waals surface area (Å²) >= 11 is 0. The lowest BCUT2D eigenvalue weighted by Gasteiger charge is -2.27. The molecule has 1 heterocycles. The number of benzene rings is 1. The van der Waals surface area contributed by atoms with Crippen LogP contribution in [0.5, 0.6) is 0 Å². The van der Waals surface area contributed by atoms with Crippen LogP contribution in [-0.2, 0) is 16.0 Å². The lowest BCUT2D eigenvalue weighted by molar-refractivity contribution is -0.136. The van der Waals surface area contributed by atoms with E-state index in [1.807, 2.05) is 30.3 Å². The third-order valence-electron chi connectivity index (χ3n) is 2.67. The molecular weight excluding hydrogens is 204 g/mol. The lowest BCUT2D eigenvalue weighted by atomic mass is 10.0. The number of piperazine rings is 1. The van der Waals surface area contributed by atoms with E-state index in [1.165, 1.54) is 0 Å². The van der Waals surface area contributed by atoms with Crippen molar-refractivity contribution in [1.29, 1.82) is 0 Å². The Balaban J connectivity index is 2.05. The summed E-state index contributed by atoms with van der Waals surface area (Å²) in [7, 11) is 0. The van der Waals surface area contributed by atoms with Gasteiger partial charge < -0.3 is 10.6 Å². The van der Waals surface area contributed by atoms with E-state index in [9.17, 15) is 9.59 Å². The second-order valence-corrected chi connectivity index (χ2v) is 3.98. The Morgan fingerprint density at radius 1 is 1.06 bits per heavy atom. The summed E-state index contributed by atoms with van der Waals surface area (Å²) in [6.45, 7) is 1.67. The maximum absolute atomic E-state index is 11.6. The molecule has 84 valence electrons. The monoisotopic (exact) mass is 218 g/mol. The predicted molar refractivity (Wildman–Crippen MR) is 59.7 cm³/mol. The molecule has 0 bridgehead atoms. The number of nitrogens with one attached hydrogen (secondary N) is 2. The molecule has 0 spiro atoms. The van der Waals surface area contributed by atoms with Gasteiger partial charge in [-0.05, 0) is 12.5 Å². The highest BCUT2D eigenvalue weighted by atomic mass is 16.2. The van der Waals surface area contributed by atoms with Gasteiger partial charge in [-0.25, -0.2) is 0 Å². The molecule has 0 aliphatic carbocycles. The van der Waals surface area contributed by atoms with Gasteiger partial charge in [0, 0.05) is 6.42 Å². The van der Waals surface area contributed by atoms with Crippen molar-refractivity contribution in [3.8, 4) is 0 Å². The Labute approximate surface area is 94.0 Å². The Hall–Kier alpha value is -1.84. The predicted octanol–water partition coefficient (Wildman–Crippen LogP) is 0.232. The summed E-state index contributed by atoms with van der Waals surface area (Å²) in [6.07, 6.45) is 0.533. The van der Waals surface area contributed by atoms with Gasteiger partial charge in [-0.2, -0.15) is 0 Å². The maximum atomic E-state index is 11.6. The number of amides is 2. The highest BCUT2D eigenvalue weighted by molar-refractivity contribution is 5.96. The fourth-order valence-corrected chi connectivity index (χ4v) is 1.74. The van der Waals surface area contributed by atoms with E-state index in [-0.39, 0.29) is 11.8 Å². The van der Waals surface area contributed by atoms with Gasteiger partial charge in [0.1, 0.15) is 12.1 Å². The summed E-state index contributed by atoms with van der Waals surface area (Å²) < 4.78 is 0. The first-order chi connectivity index (χ1) is 7.66. The van der Waals surface area contributed by atoms with Gasteiger partial charge in [0.2, 0.25) is 11.8 Å². The van der Waals surface area contributed by atoms with E-state index in [0.29, 0.717) is 6.42 Å². The number of carbonyl (C=O) groups is 2. The van der Waals surface area contributed by atoms with Crippen molar-refractivity contribution >= 4 is 11.8 Å². The molecule has 0 saturated carbocycles. The van der Waals surface area contributed by atoms with Gasteiger partial charge in [0.05, 0.1) is 0 Å². The lowest BCUT2D eigenvalue weighted by Crippen LogP contribution is -2.61. The smallest absolute Gasteiger partial charge is 0.243 e. The fraction of sp³-hybridized carbons (Fsp3) is 0.333. The van der Waals surface area contributed by atoms with Crippen LogP contribution in [0.25, 0.3) is 0 Å². The third-order valence-corrected chi connectivity index (χ3v) is 2.67. The van der Waals surface area contributed by atoms with Crippen molar-refractivity contribution in [2.24, 2.45) is 0 Å². The molecule has 1 aromatic rings. The van der Waals surface area contributed by atoms with E-state index >= 15 is 0 Å². The van der Waals surface area contributed by atoms with Gasteiger partial charge in [0.25, 0.3) is 0 Å². The van der Waals surface area contributed by atoms with Crippen LogP contribution >= 0.6 is 0 Å². The van der Waals surface area contributed by atoms with Crippen LogP contribution in [0, 0.1) is 0 Å². The third kappa shape index (κ3) is 2.21. The molecule has 2 amide bonds. The van der Waals surface area contributed by atoms with Gasteiger partial charge in [-0.15, -0.1) is 0 Å². The molecule has 16 heavy (non-hydrogen) atoms. The molecule has 2 atom stereocenters. The van der Waals surface area contributed by atoms with Gasteiger partial charge in [-0.1, -0.05) is 30.3 Å². The fourth-order valence-electron chi connectivity index (χ4n) is 1.74. The second kappa shape index (κ2) is 4.35. The van der Waals surface area contributed by atoms with Gasteiger partial charge in [0.15, 0.2) is 0 Å². The average molecular weight is 218 g/mol. The van der Waals surface area contributed by atoms with Crippen LogP contribution < -0.4 is 10.6 Å². The first-order valence-corrected chi connectivity index (χ1v) is 5.31. The standard InChI is InChI=1S/C12H14N2O2/c1-8-11(15)14-10(12(16)13-8)7-9-5-3-2-4-6-9/h2-6,8,10H,7H2,1H3,(H,13,16)(H,14,15). The largest absolute Gasteiger partial charge is 0.343 e. The molecule has 1 aromatic carbocycles. The summed E-state index contributed by atoms with van der Waals surface area (Å²) in [5.74, 6) is -0.239. The quantitative estimate of drug-likeness (QED) is 0.746. The highest BCUT2D eigenvalue weighted by Crippen LogP contribution is 2.06. The van der Waals surface area contributed by atoms with Crippen LogP contribution in [0.2, 0.25) is 0 Å². The van der Waals surface area contributed by atoms with E-state index in [1.54, 1.807) is 6.92 Å². The van der Waals surface area contributed by atoms with Crippen molar-refractivity contribution < 1.29 is 9.59 Å². The van der Waals surface area contributed by atoms with Gasteiger partial charge >= 0.3 is 0 Å². The first kappa shape index (κ1) is 10.7. The van der Waals surface area contributed by atoms with E-state index in [2.05, 4.69) is 10.6 Å². The van der Waals surface area contributed by atoms with Crippen molar-refractivity contribution in [3.05, 3.63) is 35.9 Å². The molecule has 0 radical (unpaired) electrons. The molecule has 1 aliphatic heterocycles. The van der Waals surface area contributed by atoms with Crippen molar-refractivity contribution in [2.75, 3.05) is 0 Å². The summed E-state index contributed by atoms with van der Waals surface area (Å²) in [5.41, 5.74) is 1.04. The number of hydrogen-bond donors (Lipinski definition) is 2. The van der Waals surface area contributed by atoms with Crippen molar-refractivity contribution in [1.82, 2.24) is 10.6 Å². The molecule has 2 N–H and O–H groups in total. The molecule has 4 nitrogen and oxygen atoms in total. The minimum absolute atomic E-state index is 0.115. The van der Waals surface area contributed by atoms with E-state index in [4.69, 9.17) is 0 Å². The topological polar surface area (TPSA) is 58.2 Å². The zero-order chi connectivity index (χ0) is 11.5. The van der Waals surface area contributed by atoms with Crippen molar-refractivity contribution in [3.63, 3.8) is 0 Å². The summed E-state index contributed by atoms with van der Waals surface area (Å²) in [6, 6.07) is 8.76. The van der Waals surface area contributed by atoms with E-state index in [0.717, 1.165) is 5.56 Å². The van der Waals surface area contributed by atoms with Crippen LogP contribution in [0.1, 0.15) is 12.5 Å². The molecular formula is C12H14N2O2. The highest BCUT2D eigenvalue weighted by Gasteiger charge is 2.30. The second-order valence-electron chi connectivity index (χ2n) is 3.98. The summed E-state index contributed by atoms with van der Waals surface area (Å²) in [4.78, 5) is 23.0. The molecule has 1 aliphatic rings.